The van der Waals surface area contributed by atoms with Gasteiger partial charge in [0.15, 0.2) is 0 Å². The number of carbonyl (C=O) groups is 1. The summed E-state index contributed by atoms with van der Waals surface area (Å²) in [5, 5.41) is 14.0. The summed E-state index contributed by atoms with van der Waals surface area (Å²) in [6.07, 6.45) is 1.88. The van der Waals surface area contributed by atoms with Gasteiger partial charge in [0.1, 0.15) is 6.04 Å². The maximum Gasteiger partial charge on any atom is 0.271 e. The van der Waals surface area contributed by atoms with Crippen LogP contribution >= 0.6 is 0 Å². The van der Waals surface area contributed by atoms with E-state index in [4.69, 9.17) is 0 Å². The molecule has 0 spiro atoms. The highest BCUT2D eigenvalue weighted by Gasteiger charge is 2.31. The second kappa shape index (κ2) is 9.25. The lowest BCUT2D eigenvalue weighted by Gasteiger charge is -2.30. The number of aryl methyl sites for hydroxylation is 2. The van der Waals surface area contributed by atoms with Crippen LogP contribution in [0.15, 0.2) is 42.5 Å². The Kier molecular flexibility index (Phi) is 7.20. The van der Waals surface area contributed by atoms with Gasteiger partial charge in [0, 0.05) is 12.1 Å². The highest BCUT2D eigenvalue weighted by molar-refractivity contribution is 7.92. The molecule has 30 heavy (non-hydrogen) atoms. The predicted molar refractivity (Wildman–Crippen MR) is 117 cm³/mol. The Morgan fingerprint density at radius 1 is 1.17 bits per heavy atom. The van der Waals surface area contributed by atoms with Gasteiger partial charge in [-0.15, -0.1) is 0 Å². The van der Waals surface area contributed by atoms with Crippen LogP contribution in [0.3, 0.4) is 0 Å². The molecule has 0 heterocycles. The average molecular weight is 434 g/mol. The molecular formula is C21H27N3O5S. The number of rotatable bonds is 8. The van der Waals surface area contributed by atoms with Crippen LogP contribution in [0, 0.1) is 17.0 Å². The molecule has 0 aliphatic heterocycles. The third-order valence-electron chi connectivity index (χ3n) is 4.98. The van der Waals surface area contributed by atoms with E-state index >= 15 is 0 Å². The minimum Gasteiger partial charge on any atom is -0.348 e. The SMILES string of the molecule is CCc1ccc([C@@H](C)NC(=O)[C@@H](C)N(c2cc([N+](=O)[O-])ccc2C)S(C)(=O)=O)cc1. The molecule has 2 atom stereocenters. The van der Waals surface area contributed by atoms with Crippen molar-refractivity contribution in [2.24, 2.45) is 0 Å². The largest absolute Gasteiger partial charge is 0.348 e. The zero-order valence-electron chi connectivity index (χ0n) is 17.7. The van der Waals surface area contributed by atoms with Crippen molar-refractivity contribution in [3.63, 3.8) is 0 Å². The lowest BCUT2D eigenvalue weighted by Crippen LogP contribution is -2.48. The molecule has 0 unspecified atom stereocenters. The minimum atomic E-state index is -3.89. The molecule has 162 valence electrons. The molecule has 0 aromatic heterocycles. The first-order valence-electron chi connectivity index (χ1n) is 9.59. The van der Waals surface area contributed by atoms with E-state index in [2.05, 4.69) is 12.2 Å². The highest BCUT2D eigenvalue weighted by Crippen LogP contribution is 2.29. The monoisotopic (exact) mass is 433 g/mol. The van der Waals surface area contributed by atoms with Gasteiger partial charge in [-0.05, 0) is 43.9 Å². The fourth-order valence-corrected chi connectivity index (χ4v) is 4.41. The number of nitro benzene ring substituents is 1. The molecule has 2 rings (SSSR count). The van der Waals surface area contributed by atoms with E-state index in [1.54, 1.807) is 6.92 Å². The summed E-state index contributed by atoms with van der Waals surface area (Å²) in [5.74, 6) is -0.501. The molecule has 0 aliphatic carbocycles. The topological polar surface area (TPSA) is 110 Å². The van der Waals surface area contributed by atoms with Gasteiger partial charge < -0.3 is 5.32 Å². The van der Waals surface area contributed by atoms with Gasteiger partial charge in [-0.25, -0.2) is 8.42 Å². The van der Waals surface area contributed by atoms with Crippen LogP contribution < -0.4 is 9.62 Å². The summed E-state index contributed by atoms with van der Waals surface area (Å²) in [5.41, 5.74) is 2.43. The maximum absolute atomic E-state index is 12.9. The molecule has 0 aliphatic rings. The number of nitrogens with one attached hydrogen (secondary N) is 1. The molecule has 2 aromatic rings. The molecule has 0 radical (unpaired) electrons. The summed E-state index contributed by atoms with van der Waals surface area (Å²) < 4.78 is 26.0. The minimum absolute atomic E-state index is 0.106. The van der Waals surface area contributed by atoms with Gasteiger partial charge >= 0.3 is 0 Å². The third kappa shape index (κ3) is 5.35. The first-order valence-corrected chi connectivity index (χ1v) is 11.4. The number of nitro groups is 1. The van der Waals surface area contributed by atoms with Gasteiger partial charge in [0.25, 0.3) is 5.69 Å². The molecule has 2 aromatic carbocycles. The maximum atomic E-state index is 12.9. The average Bonchev–Trinajstić information content (AvgIpc) is 2.68. The van der Waals surface area contributed by atoms with Gasteiger partial charge in [-0.2, -0.15) is 0 Å². The zero-order valence-corrected chi connectivity index (χ0v) is 18.6. The molecule has 0 saturated carbocycles. The normalized spacial score (nSPS) is 13.4. The Morgan fingerprint density at radius 3 is 2.27 bits per heavy atom. The number of carbonyl (C=O) groups excluding carboxylic acids is 1. The quantitative estimate of drug-likeness (QED) is 0.506. The van der Waals surface area contributed by atoms with E-state index in [1.807, 2.05) is 31.2 Å². The molecular weight excluding hydrogens is 406 g/mol. The molecule has 1 amide bonds. The van der Waals surface area contributed by atoms with Crippen LogP contribution in [0.2, 0.25) is 0 Å². The molecule has 1 N–H and O–H groups in total. The smallest absolute Gasteiger partial charge is 0.271 e. The third-order valence-corrected chi connectivity index (χ3v) is 6.20. The van der Waals surface area contributed by atoms with Crippen molar-refractivity contribution in [2.75, 3.05) is 10.6 Å². The Labute approximate surface area is 177 Å². The highest BCUT2D eigenvalue weighted by atomic mass is 32.2. The molecule has 0 fully saturated rings. The van der Waals surface area contributed by atoms with Crippen molar-refractivity contribution in [1.82, 2.24) is 5.32 Å². The standard InChI is InChI=1S/C21H27N3O5S/c1-6-17-8-10-18(11-9-17)15(3)22-21(25)16(4)23(30(5,28)29)20-13-19(24(26)27)12-7-14(20)2/h7-13,15-16H,6H2,1-5H3,(H,22,25)/t15-,16-/m1/s1. The van der Waals surface area contributed by atoms with Crippen LogP contribution in [-0.4, -0.2) is 31.5 Å². The number of hydrogen-bond donors (Lipinski definition) is 1. The predicted octanol–water partition coefficient (Wildman–Crippen LogP) is 3.50. The van der Waals surface area contributed by atoms with E-state index in [1.165, 1.54) is 30.7 Å². The van der Waals surface area contributed by atoms with Crippen molar-refractivity contribution in [2.45, 2.75) is 46.2 Å². The van der Waals surface area contributed by atoms with Crippen molar-refractivity contribution < 1.29 is 18.1 Å². The Balaban J connectivity index is 2.33. The van der Waals surface area contributed by atoms with Gasteiger partial charge in [0.2, 0.25) is 15.9 Å². The van der Waals surface area contributed by atoms with Crippen LogP contribution in [-0.2, 0) is 21.2 Å². The van der Waals surface area contributed by atoms with Crippen molar-refractivity contribution in [3.8, 4) is 0 Å². The fraction of sp³-hybridized carbons (Fsp3) is 0.381. The molecule has 8 nitrogen and oxygen atoms in total. The second-order valence-corrected chi connectivity index (χ2v) is 9.15. The van der Waals surface area contributed by atoms with Crippen molar-refractivity contribution in [1.29, 1.82) is 0 Å². The number of nitrogens with zero attached hydrogens (tertiary/aromatic N) is 2. The first-order chi connectivity index (χ1) is 14.0. The van der Waals surface area contributed by atoms with E-state index in [-0.39, 0.29) is 17.4 Å². The lowest BCUT2D eigenvalue weighted by molar-refractivity contribution is -0.384. The van der Waals surface area contributed by atoms with Crippen molar-refractivity contribution in [3.05, 3.63) is 69.3 Å². The zero-order chi connectivity index (χ0) is 22.6. The fourth-order valence-electron chi connectivity index (χ4n) is 3.19. The Bertz CT molecular complexity index is 1040. The number of sulfonamides is 1. The second-order valence-electron chi connectivity index (χ2n) is 7.29. The van der Waals surface area contributed by atoms with Gasteiger partial charge in [0.05, 0.1) is 22.9 Å². The van der Waals surface area contributed by atoms with Gasteiger partial charge in [-0.1, -0.05) is 37.3 Å². The summed E-state index contributed by atoms with van der Waals surface area (Å²) >= 11 is 0. The van der Waals surface area contributed by atoms with Gasteiger partial charge in [-0.3, -0.25) is 19.2 Å². The number of non-ortho nitro benzene ring substituents is 1. The summed E-state index contributed by atoms with van der Waals surface area (Å²) in [7, 11) is -3.89. The summed E-state index contributed by atoms with van der Waals surface area (Å²) in [4.78, 5) is 23.4. The summed E-state index contributed by atoms with van der Waals surface area (Å²) in [6.45, 7) is 6.97. The molecule has 0 bridgehead atoms. The van der Waals surface area contributed by atoms with Crippen LogP contribution in [0.5, 0.6) is 0 Å². The molecule has 0 saturated heterocycles. The number of amides is 1. The van der Waals surface area contributed by atoms with Crippen molar-refractivity contribution >= 4 is 27.3 Å². The Morgan fingerprint density at radius 2 is 1.77 bits per heavy atom. The van der Waals surface area contributed by atoms with E-state index < -0.39 is 26.9 Å². The van der Waals surface area contributed by atoms with Crippen LogP contribution in [0.25, 0.3) is 0 Å². The summed E-state index contributed by atoms with van der Waals surface area (Å²) in [6, 6.07) is 10.3. The lowest BCUT2D eigenvalue weighted by atomic mass is 10.0. The molecule has 9 heteroatoms. The van der Waals surface area contributed by atoms with Crippen LogP contribution in [0.1, 0.15) is 43.5 Å². The number of anilines is 1. The first kappa shape index (κ1) is 23.3. The van der Waals surface area contributed by atoms with E-state index in [0.29, 0.717) is 5.56 Å². The number of benzene rings is 2. The van der Waals surface area contributed by atoms with E-state index in [9.17, 15) is 23.3 Å². The van der Waals surface area contributed by atoms with Crippen LogP contribution in [0.4, 0.5) is 11.4 Å². The number of hydrogen-bond acceptors (Lipinski definition) is 5. The van der Waals surface area contributed by atoms with E-state index in [0.717, 1.165) is 22.5 Å². The Hall–Kier alpha value is -2.94.